The molecule has 0 fully saturated rings. The van der Waals surface area contributed by atoms with Gasteiger partial charge in [-0.1, -0.05) is 30.3 Å². The second-order valence-corrected chi connectivity index (χ2v) is 4.31. The summed E-state index contributed by atoms with van der Waals surface area (Å²) < 4.78 is 13.7. The standard InChI is InChI=1S/C15H14FNO2/c1-10-5-4-6-11(9-10)17-14(15(18)19)12-7-2-3-8-13(12)16/h2-9,14,17H,1H3,(H,18,19). The predicted molar refractivity (Wildman–Crippen MR) is 71.6 cm³/mol. The molecule has 0 amide bonds. The monoisotopic (exact) mass is 259 g/mol. The first-order chi connectivity index (χ1) is 9.08. The Labute approximate surface area is 110 Å². The highest BCUT2D eigenvalue weighted by Crippen LogP contribution is 2.22. The van der Waals surface area contributed by atoms with Gasteiger partial charge in [-0.3, -0.25) is 0 Å². The number of aliphatic carboxylic acids is 1. The lowest BCUT2D eigenvalue weighted by Crippen LogP contribution is -2.21. The van der Waals surface area contributed by atoms with Gasteiger partial charge >= 0.3 is 5.97 Å². The largest absolute Gasteiger partial charge is 0.479 e. The zero-order valence-electron chi connectivity index (χ0n) is 10.4. The van der Waals surface area contributed by atoms with E-state index >= 15 is 0 Å². The number of anilines is 1. The first-order valence-corrected chi connectivity index (χ1v) is 5.88. The molecule has 0 aliphatic carbocycles. The lowest BCUT2D eigenvalue weighted by atomic mass is 10.1. The van der Waals surface area contributed by atoms with E-state index in [4.69, 9.17) is 0 Å². The van der Waals surface area contributed by atoms with E-state index in [-0.39, 0.29) is 5.56 Å². The van der Waals surface area contributed by atoms with Crippen LogP contribution in [0.3, 0.4) is 0 Å². The number of benzene rings is 2. The summed E-state index contributed by atoms with van der Waals surface area (Å²) in [6.07, 6.45) is 0. The number of nitrogens with one attached hydrogen (secondary N) is 1. The topological polar surface area (TPSA) is 49.3 Å². The van der Waals surface area contributed by atoms with Crippen LogP contribution in [-0.2, 0) is 4.79 Å². The molecule has 3 nitrogen and oxygen atoms in total. The summed E-state index contributed by atoms with van der Waals surface area (Å²) in [6, 6.07) is 12.1. The fraction of sp³-hybridized carbons (Fsp3) is 0.133. The molecule has 0 spiro atoms. The zero-order chi connectivity index (χ0) is 13.8. The van der Waals surface area contributed by atoms with Crippen molar-refractivity contribution < 1.29 is 14.3 Å². The number of hydrogen-bond acceptors (Lipinski definition) is 2. The van der Waals surface area contributed by atoms with Gasteiger partial charge < -0.3 is 10.4 Å². The van der Waals surface area contributed by atoms with E-state index in [2.05, 4.69) is 5.32 Å². The van der Waals surface area contributed by atoms with Crippen LogP contribution in [0.2, 0.25) is 0 Å². The van der Waals surface area contributed by atoms with Crippen LogP contribution in [0.25, 0.3) is 0 Å². The Morgan fingerprint density at radius 1 is 1.21 bits per heavy atom. The van der Waals surface area contributed by atoms with Gasteiger partial charge in [0.15, 0.2) is 6.04 Å². The first-order valence-electron chi connectivity index (χ1n) is 5.88. The van der Waals surface area contributed by atoms with Crippen LogP contribution in [0.15, 0.2) is 48.5 Å². The molecule has 4 heteroatoms. The van der Waals surface area contributed by atoms with Crippen LogP contribution in [0.1, 0.15) is 17.2 Å². The van der Waals surface area contributed by atoms with Crippen molar-refractivity contribution in [1.82, 2.24) is 0 Å². The normalized spacial score (nSPS) is 11.9. The Morgan fingerprint density at radius 2 is 1.95 bits per heavy atom. The average molecular weight is 259 g/mol. The van der Waals surface area contributed by atoms with E-state index in [9.17, 15) is 14.3 Å². The number of rotatable bonds is 4. The van der Waals surface area contributed by atoms with Gasteiger partial charge in [-0.2, -0.15) is 0 Å². The third-order valence-corrected chi connectivity index (χ3v) is 2.79. The van der Waals surface area contributed by atoms with Gasteiger partial charge in [0.05, 0.1) is 0 Å². The molecule has 0 aliphatic rings. The number of halogens is 1. The molecule has 2 rings (SSSR count). The molecule has 0 saturated heterocycles. The summed E-state index contributed by atoms with van der Waals surface area (Å²) in [5, 5.41) is 12.1. The highest BCUT2D eigenvalue weighted by molar-refractivity contribution is 5.79. The number of carboxylic acid groups (broad SMARTS) is 1. The maximum atomic E-state index is 13.7. The molecular formula is C15H14FNO2. The Kier molecular flexibility index (Phi) is 3.80. The smallest absolute Gasteiger partial charge is 0.330 e. The van der Waals surface area contributed by atoms with Crippen molar-refractivity contribution in [3.05, 3.63) is 65.5 Å². The summed E-state index contributed by atoms with van der Waals surface area (Å²) in [5.41, 5.74) is 1.77. The SMILES string of the molecule is Cc1cccc(NC(C(=O)O)c2ccccc2F)c1. The minimum absolute atomic E-state index is 0.122. The van der Waals surface area contributed by atoms with E-state index in [1.165, 1.54) is 18.2 Å². The summed E-state index contributed by atoms with van der Waals surface area (Å²) >= 11 is 0. The van der Waals surface area contributed by atoms with Gasteiger partial charge in [0.1, 0.15) is 5.82 Å². The molecule has 19 heavy (non-hydrogen) atoms. The van der Waals surface area contributed by atoms with Gasteiger partial charge in [-0.05, 0) is 30.7 Å². The summed E-state index contributed by atoms with van der Waals surface area (Å²) in [6.45, 7) is 1.91. The molecule has 2 aromatic carbocycles. The van der Waals surface area contributed by atoms with E-state index in [1.807, 2.05) is 25.1 Å². The number of carbonyl (C=O) groups is 1. The van der Waals surface area contributed by atoms with Crippen molar-refractivity contribution in [3.8, 4) is 0 Å². The third-order valence-electron chi connectivity index (χ3n) is 2.79. The van der Waals surface area contributed by atoms with Crippen LogP contribution in [-0.4, -0.2) is 11.1 Å². The minimum atomic E-state index is -1.12. The second-order valence-electron chi connectivity index (χ2n) is 4.31. The molecule has 2 aromatic rings. The zero-order valence-corrected chi connectivity index (χ0v) is 10.4. The van der Waals surface area contributed by atoms with Crippen LogP contribution in [0, 0.1) is 12.7 Å². The minimum Gasteiger partial charge on any atom is -0.479 e. The summed E-state index contributed by atoms with van der Waals surface area (Å²) in [5.74, 6) is -1.65. The maximum absolute atomic E-state index is 13.7. The molecule has 0 aliphatic heterocycles. The van der Waals surface area contributed by atoms with Crippen LogP contribution < -0.4 is 5.32 Å². The molecule has 0 aromatic heterocycles. The Bertz CT molecular complexity index is 598. The average Bonchev–Trinajstić information content (AvgIpc) is 2.37. The van der Waals surface area contributed by atoms with Gasteiger partial charge in [-0.25, -0.2) is 9.18 Å². The second kappa shape index (κ2) is 5.52. The molecule has 0 radical (unpaired) electrons. The Hall–Kier alpha value is -2.36. The van der Waals surface area contributed by atoms with E-state index < -0.39 is 17.8 Å². The lowest BCUT2D eigenvalue weighted by Gasteiger charge is -2.17. The quantitative estimate of drug-likeness (QED) is 0.885. The Morgan fingerprint density at radius 3 is 2.58 bits per heavy atom. The fourth-order valence-corrected chi connectivity index (χ4v) is 1.88. The van der Waals surface area contributed by atoms with Crippen molar-refractivity contribution in [2.24, 2.45) is 0 Å². The van der Waals surface area contributed by atoms with Crippen LogP contribution in [0.5, 0.6) is 0 Å². The lowest BCUT2D eigenvalue weighted by molar-refractivity contribution is -0.138. The molecular weight excluding hydrogens is 245 g/mol. The van der Waals surface area contributed by atoms with Crippen LogP contribution >= 0.6 is 0 Å². The van der Waals surface area contributed by atoms with Gasteiger partial charge in [0.2, 0.25) is 0 Å². The molecule has 0 bridgehead atoms. The van der Waals surface area contributed by atoms with E-state index in [0.29, 0.717) is 5.69 Å². The summed E-state index contributed by atoms with van der Waals surface area (Å²) in [7, 11) is 0. The summed E-state index contributed by atoms with van der Waals surface area (Å²) in [4.78, 5) is 11.3. The third kappa shape index (κ3) is 3.10. The Balaban J connectivity index is 2.32. The van der Waals surface area contributed by atoms with Gasteiger partial charge in [-0.15, -0.1) is 0 Å². The fourth-order valence-electron chi connectivity index (χ4n) is 1.88. The van der Waals surface area contributed by atoms with Crippen molar-refractivity contribution in [1.29, 1.82) is 0 Å². The van der Waals surface area contributed by atoms with Crippen molar-refractivity contribution in [3.63, 3.8) is 0 Å². The predicted octanol–water partition coefficient (Wildman–Crippen LogP) is 3.37. The molecule has 0 saturated carbocycles. The number of carboxylic acids is 1. The molecule has 1 atom stereocenters. The van der Waals surface area contributed by atoms with Crippen LogP contribution in [0.4, 0.5) is 10.1 Å². The molecule has 0 heterocycles. The van der Waals surface area contributed by atoms with E-state index in [0.717, 1.165) is 5.56 Å². The number of hydrogen-bond donors (Lipinski definition) is 2. The van der Waals surface area contributed by atoms with Gasteiger partial charge in [0.25, 0.3) is 0 Å². The van der Waals surface area contributed by atoms with Crippen molar-refractivity contribution in [2.75, 3.05) is 5.32 Å². The molecule has 98 valence electrons. The van der Waals surface area contributed by atoms with Crippen molar-refractivity contribution in [2.45, 2.75) is 13.0 Å². The van der Waals surface area contributed by atoms with Crippen molar-refractivity contribution >= 4 is 11.7 Å². The molecule has 1 unspecified atom stereocenters. The highest BCUT2D eigenvalue weighted by Gasteiger charge is 2.22. The highest BCUT2D eigenvalue weighted by atomic mass is 19.1. The van der Waals surface area contributed by atoms with Gasteiger partial charge in [0, 0.05) is 11.3 Å². The molecule has 2 N–H and O–H groups in total. The maximum Gasteiger partial charge on any atom is 0.330 e. The number of aryl methyl sites for hydroxylation is 1. The van der Waals surface area contributed by atoms with E-state index in [1.54, 1.807) is 12.1 Å². The first kappa shape index (κ1) is 13.1.